The summed E-state index contributed by atoms with van der Waals surface area (Å²) in [4.78, 5) is 17.7. The number of nitrogens with one attached hydrogen (secondary N) is 1. The highest BCUT2D eigenvalue weighted by Gasteiger charge is 2.17. The standard InChI is InChI=1S/C21H26FN3OS/c1-17-3-2-4-19(15-17)25-13-11-24(12-14-25)10-9-23-21(26)16-27-20-7-5-18(22)6-8-20/h2-8,15H,9-14,16H2,1H3,(H,23,26). The molecule has 1 saturated heterocycles. The molecule has 0 saturated carbocycles. The van der Waals surface area contributed by atoms with Crippen molar-refractivity contribution in [1.82, 2.24) is 10.2 Å². The molecule has 0 unspecified atom stereocenters. The Morgan fingerprint density at radius 3 is 2.56 bits per heavy atom. The van der Waals surface area contributed by atoms with Gasteiger partial charge in [0.25, 0.3) is 0 Å². The summed E-state index contributed by atoms with van der Waals surface area (Å²) in [5.74, 6) is 0.112. The highest BCUT2D eigenvalue weighted by Crippen LogP contribution is 2.18. The van der Waals surface area contributed by atoms with Crippen LogP contribution in [0.5, 0.6) is 0 Å². The van der Waals surface area contributed by atoms with Gasteiger partial charge in [0.1, 0.15) is 5.82 Å². The number of amides is 1. The van der Waals surface area contributed by atoms with Crippen LogP contribution in [0, 0.1) is 12.7 Å². The Morgan fingerprint density at radius 2 is 1.85 bits per heavy atom. The number of hydrogen-bond donors (Lipinski definition) is 1. The molecule has 0 aliphatic carbocycles. The van der Waals surface area contributed by atoms with Gasteiger partial charge in [0.05, 0.1) is 5.75 Å². The van der Waals surface area contributed by atoms with Gasteiger partial charge < -0.3 is 10.2 Å². The fraction of sp³-hybridized carbons (Fsp3) is 0.381. The molecule has 1 amide bonds. The average Bonchev–Trinajstić information content (AvgIpc) is 2.68. The molecule has 1 N–H and O–H groups in total. The molecule has 144 valence electrons. The lowest BCUT2D eigenvalue weighted by atomic mass is 10.2. The van der Waals surface area contributed by atoms with Gasteiger partial charge in [-0.1, -0.05) is 12.1 Å². The van der Waals surface area contributed by atoms with E-state index in [-0.39, 0.29) is 11.7 Å². The number of carbonyl (C=O) groups is 1. The lowest BCUT2D eigenvalue weighted by molar-refractivity contribution is -0.118. The highest BCUT2D eigenvalue weighted by molar-refractivity contribution is 8.00. The van der Waals surface area contributed by atoms with Crippen LogP contribution in [0.1, 0.15) is 5.56 Å². The van der Waals surface area contributed by atoms with Crippen LogP contribution in [-0.4, -0.2) is 55.8 Å². The molecular weight excluding hydrogens is 361 g/mol. The first-order chi connectivity index (χ1) is 13.1. The topological polar surface area (TPSA) is 35.6 Å². The number of halogens is 1. The number of thioether (sulfide) groups is 1. The third kappa shape index (κ3) is 6.26. The monoisotopic (exact) mass is 387 g/mol. The van der Waals surface area contributed by atoms with Gasteiger partial charge in [-0.2, -0.15) is 0 Å². The Kier molecular flexibility index (Phi) is 7.12. The SMILES string of the molecule is Cc1cccc(N2CCN(CCNC(=O)CSc3ccc(F)cc3)CC2)c1. The second-order valence-corrected chi connectivity index (χ2v) is 7.81. The van der Waals surface area contributed by atoms with Crippen molar-refractivity contribution in [3.05, 3.63) is 59.9 Å². The van der Waals surface area contributed by atoms with Crippen LogP contribution in [0.3, 0.4) is 0 Å². The van der Waals surface area contributed by atoms with E-state index < -0.39 is 0 Å². The molecule has 4 nitrogen and oxygen atoms in total. The van der Waals surface area contributed by atoms with E-state index in [9.17, 15) is 9.18 Å². The summed E-state index contributed by atoms with van der Waals surface area (Å²) in [5.41, 5.74) is 2.58. The molecule has 2 aromatic rings. The molecule has 2 aromatic carbocycles. The van der Waals surface area contributed by atoms with Crippen LogP contribution in [0.4, 0.5) is 10.1 Å². The largest absolute Gasteiger partial charge is 0.369 e. The van der Waals surface area contributed by atoms with Gasteiger partial charge in [0, 0.05) is 49.9 Å². The summed E-state index contributed by atoms with van der Waals surface area (Å²) in [6.45, 7) is 7.69. The number of piperazine rings is 1. The first-order valence-corrected chi connectivity index (χ1v) is 10.3. The number of aryl methyl sites for hydroxylation is 1. The van der Waals surface area contributed by atoms with Crippen LogP contribution < -0.4 is 10.2 Å². The van der Waals surface area contributed by atoms with Crippen LogP contribution in [0.15, 0.2) is 53.4 Å². The van der Waals surface area contributed by atoms with Crippen molar-refractivity contribution in [2.75, 3.05) is 49.9 Å². The molecular formula is C21H26FN3OS. The van der Waals surface area contributed by atoms with Crippen molar-refractivity contribution in [3.63, 3.8) is 0 Å². The van der Waals surface area contributed by atoms with E-state index in [1.165, 1.54) is 35.1 Å². The molecule has 0 spiro atoms. The Balaban J connectivity index is 1.32. The molecule has 1 aliphatic rings. The molecule has 1 aliphatic heterocycles. The van der Waals surface area contributed by atoms with Crippen molar-refractivity contribution in [3.8, 4) is 0 Å². The third-order valence-corrected chi connectivity index (χ3v) is 5.68. The molecule has 1 heterocycles. The zero-order chi connectivity index (χ0) is 19.1. The van der Waals surface area contributed by atoms with Gasteiger partial charge in [-0.05, 0) is 48.9 Å². The zero-order valence-electron chi connectivity index (χ0n) is 15.7. The first-order valence-electron chi connectivity index (χ1n) is 9.29. The first kappa shape index (κ1) is 19.7. The minimum Gasteiger partial charge on any atom is -0.369 e. The van der Waals surface area contributed by atoms with Crippen molar-refractivity contribution in [2.45, 2.75) is 11.8 Å². The number of nitrogens with zero attached hydrogens (tertiary/aromatic N) is 2. The summed E-state index contributed by atoms with van der Waals surface area (Å²) < 4.78 is 12.9. The van der Waals surface area contributed by atoms with E-state index in [0.29, 0.717) is 12.3 Å². The normalized spacial score (nSPS) is 15.0. The smallest absolute Gasteiger partial charge is 0.230 e. The molecule has 3 rings (SSSR count). The lowest BCUT2D eigenvalue weighted by Crippen LogP contribution is -2.48. The quantitative estimate of drug-likeness (QED) is 0.741. The molecule has 1 fully saturated rings. The minimum atomic E-state index is -0.258. The maximum absolute atomic E-state index is 12.9. The van der Waals surface area contributed by atoms with Crippen molar-refractivity contribution in [1.29, 1.82) is 0 Å². The summed E-state index contributed by atoms with van der Waals surface area (Å²) >= 11 is 1.42. The third-order valence-electron chi connectivity index (χ3n) is 4.67. The highest BCUT2D eigenvalue weighted by atomic mass is 32.2. The van der Waals surface area contributed by atoms with E-state index in [2.05, 4.69) is 46.3 Å². The summed E-state index contributed by atoms with van der Waals surface area (Å²) in [6.07, 6.45) is 0. The van der Waals surface area contributed by atoms with E-state index in [1.807, 2.05) is 0 Å². The van der Waals surface area contributed by atoms with E-state index in [1.54, 1.807) is 12.1 Å². The van der Waals surface area contributed by atoms with Crippen molar-refractivity contribution < 1.29 is 9.18 Å². The number of carbonyl (C=O) groups excluding carboxylic acids is 1. The maximum atomic E-state index is 12.9. The van der Waals surface area contributed by atoms with Crippen LogP contribution in [0.25, 0.3) is 0 Å². The van der Waals surface area contributed by atoms with Gasteiger partial charge in [-0.3, -0.25) is 9.69 Å². The minimum absolute atomic E-state index is 0.0164. The fourth-order valence-electron chi connectivity index (χ4n) is 3.14. The van der Waals surface area contributed by atoms with Gasteiger partial charge in [-0.25, -0.2) is 4.39 Å². The van der Waals surface area contributed by atoms with Crippen molar-refractivity contribution >= 4 is 23.4 Å². The Labute approximate surface area is 164 Å². The number of rotatable bonds is 7. The second kappa shape index (κ2) is 9.76. The Morgan fingerprint density at radius 1 is 1.11 bits per heavy atom. The lowest BCUT2D eigenvalue weighted by Gasteiger charge is -2.36. The summed E-state index contributed by atoms with van der Waals surface area (Å²) in [5, 5.41) is 2.97. The van der Waals surface area contributed by atoms with E-state index in [0.717, 1.165) is 37.6 Å². The van der Waals surface area contributed by atoms with Crippen LogP contribution >= 0.6 is 11.8 Å². The Hall–Kier alpha value is -2.05. The van der Waals surface area contributed by atoms with Gasteiger partial charge in [0.2, 0.25) is 5.91 Å². The van der Waals surface area contributed by atoms with E-state index in [4.69, 9.17) is 0 Å². The number of benzene rings is 2. The van der Waals surface area contributed by atoms with Crippen LogP contribution in [0.2, 0.25) is 0 Å². The molecule has 6 heteroatoms. The molecule has 0 aromatic heterocycles. The average molecular weight is 388 g/mol. The zero-order valence-corrected chi connectivity index (χ0v) is 16.5. The fourth-order valence-corrected chi connectivity index (χ4v) is 3.87. The molecule has 0 radical (unpaired) electrons. The Bertz CT molecular complexity index is 745. The molecule has 27 heavy (non-hydrogen) atoms. The molecule has 0 atom stereocenters. The predicted octanol–water partition coefficient (Wildman–Crippen LogP) is 3.16. The maximum Gasteiger partial charge on any atom is 0.230 e. The van der Waals surface area contributed by atoms with E-state index >= 15 is 0 Å². The van der Waals surface area contributed by atoms with Crippen LogP contribution in [-0.2, 0) is 4.79 Å². The van der Waals surface area contributed by atoms with Gasteiger partial charge >= 0.3 is 0 Å². The predicted molar refractivity (Wildman–Crippen MR) is 110 cm³/mol. The summed E-state index contributed by atoms with van der Waals surface area (Å²) in [6, 6.07) is 14.8. The van der Waals surface area contributed by atoms with Gasteiger partial charge in [-0.15, -0.1) is 11.8 Å². The number of hydrogen-bond acceptors (Lipinski definition) is 4. The molecule has 0 bridgehead atoms. The number of anilines is 1. The van der Waals surface area contributed by atoms with Gasteiger partial charge in [0.15, 0.2) is 0 Å². The van der Waals surface area contributed by atoms with Crippen molar-refractivity contribution in [2.24, 2.45) is 0 Å². The second-order valence-electron chi connectivity index (χ2n) is 6.76. The summed E-state index contributed by atoms with van der Waals surface area (Å²) in [7, 11) is 0.